The van der Waals surface area contributed by atoms with Gasteiger partial charge in [-0.1, -0.05) is 97.1 Å². The molecular formula is C52H45F3N2O7. The molecule has 0 bridgehead atoms. The van der Waals surface area contributed by atoms with E-state index in [1.807, 2.05) is 72.8 Å². The number of halogens is 3. The quantitative estimate of drug-likeness (QED) is 0.0621. The number of aliphatic hydroxyl groups is 1. The maximum Gasteiger partial charge on any atom is 0.416 e. The molecule has 7 aromatic rings. The molecule has 0 saturated heterocycles. The third-order valence-electron chi connectivity index (χ3n) is 11.4. The van der Waals surface area contributed by atoms with Crippen molar-refractivity contribution in [2.45, 2.75) is 57.1 Å². The Labute approximate surface area is 367 Å². The van der Waals surface area contributed by atoms with E-state index >= 15 is 9.59 Å². The Balaban J connectivity index is 1.31. The van der Waals surface area contributed by atoms with E-state index < -0.39 is 41.8 Å². The van der Waals surface area contributed by atoms with E-state index in [1.54, 1.807) is 58.3 Å². The highest BCUT2D eigenvalue weighted by Crippen LogP contribution is 2.48. The summed E-state index contributed by atoms with van der Waals surface area (Å²) in [6, 6.07) is 37.5. The number of alkyl halides is 3. The van der Waals surface area contributed by atoms with Gasteiger partial charge in [0.15, 0.2) is 0 Å². The number of anilines is 1. The van der Waals surface area contributed by atoms with Gasteiger partial charge in [0.05, 0.1) is 37.2 Å². The third-order valence-corrected chi connectivity index (χ3v) is 11.4. The van der Waals surface area contributed by atoms with Gasteiger partial charge in [0.25, 0.3) is 5.91 Å². The molecule has 1 aromatic heterocycles. The molecule has 9 nitrogen and oxygen atoms in total. The van der Waals surface area contributed by atoms with Crippen molar-refractivity contribution in [3.63, 3.8) is 0 Å². The zero-order valence-electron chi connectivity index (χ0n) is 35.0. The van der Waals surface area contributed by atoms with Gasteiger partial charge in [0.1, 0.15) is 23.4 Å². The van der Waals surface area contributed by atoms with Gasteiger partial charge in [-0.3, -0.25) is 14.4 Å². The van der Waals surface area contributed by atoms with Crippen molar-refractivity contribution < 1.29 is 46.6 Å². The van der Waals surface area contributed by atoms with E-state index in [2.05, 4.69) is 6.58 Å². The molecule has 0 spiro atoms. The molecule has 0 radical (unpaired) electrons. The number of carbonyl (C=O) groups is 3. The number of rotatable bonds is 15. The number of fused-ring (bicyclic) bond motifs is 3. The molecular weight excluding hydrogens is 822 g/mol. The molecule has 64 heavy (non-hydrogen) atoms. The molecule has 0 fully saturated rings. The summed E-state index contributed by atoms with van der Waals surface area (Å²) in [7, 11) is 0. The monoisotopic (exact) mass is 866 g/mol. The van der Waals surface area contributed by atoms with Gasteiger partial charge < -0.3 is 28.8 Å². The molecule has 0 aliphatic carbocycles. The SMILES string of the molecule is C=CCC(OC(C)=O)[C@@H]1[C@@H](N(Cc2ccc(-c3cccc(C(F)(F)F)c3)o2)C(=O)c2cccc3ccccc23)c2cc(OCCCO)ccc2N1C(=O)Cc1ccc2ccccc2c1. The molecule has 6 aromatic carbocycles. The van der Waals surface area contributed by atoms with E-state index in [0.717, 1.165) is 33.9 Å². The van der Waals surface area contributed by atoms with Crippen LogP contribution in [-0.2, 0) is 33.5 Å². The van der Waals surface area contributed by atoms with E-state index in [1.165, 1.54) is 19.1 Å². The lowest BCUT2D eigenvalue weighted by molar-refractivity contribution is -0.148. The van der Waals surface area contributed by atoms with Crippen LogP contribution in [0.15, 0.2) is 157 Å². The van der Waals surface area contributed by atoms with Crippen molar-refractivity contribution >= 4 is 45.0 Å². The van der Waals surface area contributed by atoms with Crippen molar-refractivity contribution in [2.24, 2.45) is 0 Å². The molecule has 1 aliphatic heterocycles. The first-order valence-corrected chi connectivity index (χ1v) is 20.9. The first-order chi connectivity index (χ1) is 30.9. The molecule has 12 heteroatoms. The first-order valence-electron chi connectivity index (χ1n) is 20.9. The van der Waals surface area contributed by atoms with Crippen molar-refractivity contribution in [1.29, 1.82) is 0 Å². The molecule has 1 aliphatic rings. The summed E-state index contributed by atoms with van der Waals surface area (Å²) in [5.74, 6) is -0.592. The molecule has 2 amide bonds. The highest BCUT2D eigenvalue weighted by Gasteiger charge is 2.51. The van der Waals surface area contributed by atoms with Crippen LogP contribution in [0.5, 0.6) is 5.75 Å². The highest BCUT2D eigenvalue weighted by atomic mass is 19.4. The van der Waals surface area contributed by atoms with Crippen molar-refractivity contribution in [1.82, 2.24) is 4.90 Å². The summed E-state index contributed by atoms with van der Waals surface area (Å²) in [4.78, 5) is 46.9. The Kier molecular flexibility index (Phi) is 12.7. The summed E-state index contributed by atoms with van der Waals surface area (Å²) < 4.78 is 59.8. The summed E-state index contributed by atoms with van der Waals surface area (Å²) in [6.45, 7) is 5.10. The lowest BCUT2D eigenvalue weighted by Crippen LogP contribution is -2.53. The predicted octanol–water partition coefficient (Wildman–Crippen LogP) is 10.9. The van der Waals surface area contributed by atoms with Crippen molar-refractivity contribution in [2.75, 3.05) is 18.1 Å². The fourth-order valence-electron chi connectivity index (χ4n) is 8.58. The zero-order valence-corrected chi connectivity index (χ0v) is 35.0. The van der Waals surface area contributed by atoms with Crippen molar-refractivity contribution in [3.8, 4) is 17.1 Å². The number of esters is 1. The number of amides is 2. The first kappa shape index (κ1) is 43.5. The summed E-state index contributed by atoms with van der Waals surface area (Å²) in [6.07, 6.45) is -3.60. The Morgan fingerprint density at radius 1 is 0.859 bits per heavy atom. The number of carbonyl (C=O) groups excluding carboxylic acids is 3. The number of hydrogen-bond acceptors (Lipinski definition) is 7. The largest absolute Gasteiger partial charge is 0.493 e. The number of benzene rings is 6. The normalized spacial score (nSPS) is 15.2. The fraction of sp³-hybridized carbons (Fsp3) is 0.212. The smallest absolute Gasteiger partial charge is 0.416 e. The molecule has 1 unspecified atom stereocenters. The van der Waals surface area contributed by atoms with E-state index in [9.17, 15) is 23.1 Å². The van der Waals surface area contributed by atoms with Crippen molar-refractivity contribution in [3.05, 3.63) is 180 Å². The Hall–Kier alpha value is -7.18. The Morgan fingerprint density at radius 2 is 1.61 bits per heavy atom. The van der Waals surface area contributed by atoms with Gasteiger partial charge in [0.2, 0.25) is 5.91 Å². The third kappa shape index (κ3) is 9.14. The van der Waals surface area contributed by atoms with Crippen LogP contribution < -0.4 is 9.64 Å². The van der Waals surface area contributed by atoms with Gasteiger partial charge in [-0.25, -0.2) is 0 Å². The number of ether oxygens (including phenoxy) is 2. The maximum absolute atomic E-state index is 15.6. The molecule has 2 heterocycles. The van der Waals surface area contributed by atoms with Gasteiger partial charge in [-0.2, -0.15) is 13.2 Å². The van der Waals surface area contributed by atoms with E-state index in [0.29, 0.717) is 34.4 Å². The average molecular weight is 867 g/mol. The van der Waals surface area contributed by atoms with Crippen LogP contribution in [0.1, 0.15) is 58.6 Å². The van der Waals surface area contributed by atoms with Crippen LogP contribution in [0.4, 0.5) is 18.9 Å². The zero-order chi connectivity index (χ0) is 45.0. The van der Waals surface area contributed by atoms with Crippen LogP contribution in [0.25, 0.3) is 32.9 Å². The topological polar surface area (TPSA) is 110 Å². The van der Waals surface area contributed by atoms with Crippen LogP contribution in [-0.4, -0.2) is 53.1 Å². The second kappa shape index (κ2) is 18.7. The second-order valence-corrected chi connectivity index (χ2v) is 15.7. The highest BCUT2D eigenvalue weighted by molar-refractivity contribution is 6.08. The van der Waals surface area contributed by atoms with E-state index in [-0.39, 0.29) is 55.6 Å². The Morgan fingerprint density at radius 3 is 2.38 bits per heavy atom. The van der Waals surface area contributed by atoms with Crippen LogP contribution in [0, 0.1) is 0 Å². The minimum atomic E-state index is -4.58. The average Bonchev–Trinajstić information content (AvgIpc) is 3.90. The van der Waals surface area contributed by atoms with Gasteiger partial charge in [-0.15, -0.1) is 6.58 Å². The number of aliphatic hydroxyl groups excluding tert-OH is 1. The summed E-state index contributed by atoms with van der Waals surface area (Å²) >= 11 is 0. The minimum absolute atomic E-state index is 0.0427. The molecule has 8 rings (SSSR count). The fourth-order valence-corrected chi connectivity index (χ4v) is 8.58. The minimum Gasteiger partial charge on any atom is -0.493 e. The van der Waals surface area contributed by atoms with Crippen LogP contribution >= 0.6 is 0 Å². The lowest BCUT2D eigenvalue weighted by Gasteiger charge is -2.39. The summed E-state index contributed by atoms with van der Waals surface area (Å²) in [5.41, 5.74) is 1.39. The van der Waals surface area contributed by atoms with Gasteiger partial charge >= 0.3 is 12.1 Å². The van der Waals surface area contributed by atoms with E-state index in [4.69, 9.17) is 13.9 Å². The summed E-state index contributed by atoms with van der Waals surface area (Å²) in [5, 5.41) is 13.0. The molecule has 1 N–H and O–H groups in total. The number of furan rings is 1. The second-order valence-electron chi connectivity index (χ2n) is 15.7. The number of hydrogen-bond donors (Lipinski definition) is 1. The van der Waals surface area contributed by atoms with Crippen LogP contribution in [0.3, 0.4) is 0 Å². The maximum atomic E-state index is 15.6. The number of nitrogens with zero attached hydrogens (tertiary/aromatic N) is 2. The Bertz CT molecular complexity index is 2850. The van der Waals surface area contributed by atoms with Gasteiger partial charge in [-0.05, 0) is 75.6 Å². The standard InChI is InChI=1S/C52H45F3N2O7/c1-3-11-47(63-33(2)59)50-49(44-31-40(62-27-10-26-58)22-24-45(44)57(50)48(60)29-34-20-21-35-12-4-5-14-37(35)28-34)56(51(61)43-19-9-15-36-13-6-7-18-42(36)43)32-41-23-25-46(64-41)38-16-8-17-39(30-38)52(53,54)55/h3-9,12-25,28,30-31,47,49-50,58H,1,10-11,26-27,29,32H2,2H3/t47?,49-,50+/m0/s1. The molecule has 3 atom stereocenters. The van der Waals surface area contributed by atoms with Gasteiger partial charge in [0, 0.05) is 48.8 Å². The predicted molar refractivity (Wildman–Crippen MR) is 239 cm³/mol. The molecule has 326 valence electrons. The lowest BCUT2D eigenvalue weighted by atomic mass is 9.93. The molecule has 0 saturated carbocycles. The van der Waals surface area contributed by atoms with Crippen LogP contribution in [0.2, 0.25) is 0 Å².